The molecule has 4 nitrogen and oxygen atoms in total. The van der Waals surface area contributed by atoms with Crippen molar-refractivity contribution >= 4 is 15.9 Å². The topological polar surface area (TPSA) is 51.0 Å². The second-order valence-corrected chi connectivity index (χ2v) is 5.95. The van der Waals surface area contributed by atoms with E-state index in [-0.39, 0.29) is 0 Å². The summed E-state index contributed by atoms with van der Waals surface area (Å²) < 4.78 is 6.22. The maximum absolute atomic E-state index is 5.08. The van der Waals surface area contributed by atoms with E-state index in [1.807, 2.05) is 6.92 Å². The fraction of sp³-hybridized carbons (Fsp3) is 0.429. The Labute approximate surface area is 120 Å². The number of nitrogens with zero attached hydrogens (tertiary/aromatic N) is 2. The number of hydrogen-bond acceptors (Lipinski definition) is 4. The van der Waals surface area contributed by atoms with Gasteiger partial charge in [0.15, 0.2) is 5.82 Å². The number of benzene rings is 1. The van der Waals surface area contributed by atoms with Crippen molar-refractivity contribution in [1.82, 2.24) is 15.5 Å². The van der Waals surface area contributed by atoms with Crippen LogP contribution in [0, 0.1) is 6.92 Å². The first-order valence-corrected chi connectivity index (χ1v) is 7.28. The molecule has 0 unspecified atom stereocenters. The van der Waals surface area contributed by atoms with E-state index < -0.39 is 0 Å². The molecule has 1 saturated carbocycles. The van der Waals surface area contributed by atoms with Crippen LogP contribution in [0.3, 0.4) is 0 Å². The van der Waals surface area contributed by atoms with E-state index >= 15 is 0 Å². The predicted octanol–water partition coefficient (Wildman–Crippen LogP) is 3.18. The fourth-order valence-corrected chi connectivity index (χ4v) is 2.70. The molecule has 3 rings (SSSR count). The predicted molar refractivity (Wildman–Crippen MR) is 75.8 cm³/mol. The van der Waals surface area contributed by atoms with E-state index in [1.54, 1.807) is 0 Å². The molecule has 1 N–H and O–H groups in total. The fourth-order valence-electron chi connectivity index (χ4n) is 2.44. The molecule has 0 saturated heterocycles. The molecule has 1 aliphatic carbocycles. The molecule has 0 spiro atoms. The lowest BCUT2D eigenvalue weighted by Gasteiger charge is -2.36. The lowest BCUT2D eigenvalue weighted by atomic mass is 9.76. The van der Waals surface area contributed by atoms with Gasteiger partial charge in [0.1, 0.15) is 0 Å². The monoisotopic (exact) mass is 321 g/mol. The Hall–Kier alpha value is -1.20. The van der Waals surface area contributed by atoms with Gasteiger partial charge in [-0.2, -0.15) is 4.98 Å². The van der Waals surface area contributed by atoms with E-state index in [1.165, 1.54) is 18.4 Å². The van der Waals surface area contributed by atoms with Crippen LogP contribution < -0.4 is 5.32 Å². The van der Waals surface area contributed by atoms with Crippen LogP contribution in [0.15, 0.2) is 33.3 Å². The van der Waals surface area contributed by atoms with Crippen molar-refractivity contribution in [1.29, 1.82) is 0 Å². The molecule has 0 atom stereocenters. The van der Waals surface area contributed by atoms with Crippen molar-refractivity contribution in [2.75, 3.05) is 0 Å². The van der Waals surface area contributed by atoms with Crippen LogP contribution in [0.4, 0.5) is 0 Å². The van der Waals surface area contributed by atoms with E-state index in [9.17, 15) is 0 Å². The molecule has 1 fully saturated rings. The van der Waals surface area contributed by atoms with Crippen LogP contribution in [0.1, 0.15) is 36.0 Å². The van der Waals surface area contributed by atoms with E-state index in [4.69, 9.17) is 4.52 Å². The van der Waals surface area contributed by atoms with Crippen LogP contribution in [-0.4, -0.2) is 16.2 Å². The zero-order valence-corrected chi connectivity index (χ0v) is 12.4. The van der Waals surface area contributed by atoms with E-state index in [0.717, 1.165) is 4.47 Å². The minimum absolute atomic E-state index is 0.556. The first-order valence-electron chi connectivity index (χ1n) is 6.49. The van der Waals surface area contributed by atoms with Gasteiger partial charge in [-0.25, -0.2) is 0 Å². The molecule has 5 heteroatoms. The van der Waals surface area contributed by atoms with Gasteiger partial charge in [0.2, 0.25) is 5.89 Å². The molecule has 2 aromatic rings. The number of rotatable bonds is 4. The smallest absolute Gasteiger partial charge is 0.240 e. The van der Waals surface area contributed by atoms with Gasteiger partial charge in [-0.15, -0.1) is 0 Å². The Morgan fingerprint density at radius 2 is 2.05 bits per heavy atom. The number of nitrogens with one attached hydrogen (secondary N) is 1. The van der Waals surface area contributed by atoms with Gasteiger partial charge in [-0.3, -0.25) is 0 Å². The van der Waals surface area contributed by atoms with Crippen LogP contribution in [0.2, 0.25) is 0 Å². The van der Waals surface area contributed by atoms with Gasteiger partial charge in [-0.05, 0) is 43.4 Å². The summed E-state index contributed by atoms with van der Waals surface area (Å²) in [4.78, 5) is 4.18. The van der Waals surface area contributed by atoms with E-state index in [0.29, 0.717) is 30.2 Å². The van der Waals surface area contributed by atoms with Crippen LogP contribution in [0.25, 0.3) is 0 Å². The molecule has 1 aliphatic rings. The summed E-state index contributed by atoms with van der Waals surface area (Å²) in [6, 6.07) is 9.17. The second-order valence-electron chi connectivity index (χ2n) is 5.03. The number of aromatic nitrogens is 2. The van der Waals surface area contributed by atoms with Crippen LogP contribution in [-0.2, 0) is 6.54 Å². The van der Waals surface area contributed by atoms with Crippen LogP contribution in [0.5, 0.6) is 0 Å². The molecule has 1 heterocycles. The van der Waals surface area contributed by atoms with E-state index in [2.05, 4.69) is 55.7 Å². The maximum Gasteiger partial charge on any atom is 0.240 e. The molecular formula is C14H16BrN3O. The minimum Gasteiger partial charge on any atom is -0.338 e. The summed E-state index contributed by atoms with van der Waals surface area (Å²) in [6.07, 6.45) is 2.35. The average Bonchev–Trinajstić information content (AvgIpc) is 2.75. The summed E-state index contributed by atoms with van der Waals surface area (Å²) in [5.74, 6) is 2.04. The standard InChI is InChI=1S/C14H16BrN3O/c1-9-17-14(19-18-9)8-16-13-6-11(7-13)10-2-4-12(15)5-3-10/h2-5,11,13,16H,6-8H2,1H3. The molecule has 1 aromatic carbocycles. The van der Waals surface area contributed by atoms with Gasteiger partial charge < -0.3 is 9.84 Å². The molecule has 0 bridgehead atoms. The second kappa shape index (κ2) is 5.43. The minimum atomic E-state index is 0.556. The van der Waals surface area contributed by atoms with Crippen molar-refractivity contribution in [3.05, 3.63) is 46.0 Å². The normalized spacial score (nSPS) is 22.2. The Morgan fingerprint density at radius 1 is 1.32 bits per heavy atom. The lowest BCUT2D eigenvalue weighted by Crippen LogP contribution is -2.39. The Morgan fingerprint density at radius 3 is 2.68 bits per heavy atom. The first-order chi connectivity index (χ1) is 9.20. The third-order valence-corrected chi connectivity index (χ3v) is 4.12. The van der Waals surface area contributed by atoms with Crippen molar-refractivity contribution in [2.24, 2.45) is 0 Å². The Bertz CT molecular complexity index is 546. The van der Waals surface area contributed by atoms with Gasteiger partial charge in [0, 0.05) is 10.5 Å². The molecule has 0 radical (unpaired) electrons. The zero-order chi connectivity index (χ0) is 13.2. The molecule has 0 amide bonds. The molecule has 1 aromatic heterocycles. The summed E-state index contributed by atoms with van der Waals surface area (Å²) in [7, 11) is 0. The van der Waals surface area contributed by atoms with Gasteiger partial charge in [0.05, 0.1) is 6.54 Å². The molecule has 19 heavy (non-hydrogen) atoms. The quantitative estimate of drug-likeness (QED) is 0.939. The third kappa shape index (κ3) is 3.04. The van der Waals surface area contributed by atoms with Gasteiger partial charge >= 0.3 is 0 Å². The summed E-state index contributed by atoms with van der Waals surface area (Å²) in [5, 5.41) is 7.23. The molecule has 0 aliphatic heterocycles. The average molecular weight is 322 g/mol. The summed E-state index contributed by atoms with van der Waals surface area (Å²) in [5.41, 5.74) is 1.43. The number of aryl methyl sites for hydroxylation is 1. The first kappa shape index (κ1) is 12.8. The highest BCUT2D eigenvalue weighted by atomic mass is 79.9. The van der Waals surface area contributed by atoms with Crippen molar-refractivity contribution < 1.29 is 4.52 Å². The van der Waals surface area contributed by atoms with Gasteiger partial charge in [0.25, 0.3) is 0 Å². The van der Waals surface area contributed by atoms with Crippen LogP contribution >= 0.6 is 15.9 Å². The van der Waals surface area contributed by atoms with Crippen molar-refractivity contribution in [2.45, 2.75) is 38.3 Å². The highest BCUT2D eigenvalue weighted by Gasteiger charge is 2.30. The van der Waals surface area contributed by atoms with Crippen molar-refractivity contribution in [3.63, 3.8) is 0 Å². The maximum atomic E-state index is 5.08. The van der Waals surface area contributed by atoms with Gasteiger partial charge in [-0.1, -0.05) is 33.2 Å². The number of hydrogen-bond donors (Lipinski definition) is 1. The van der Waals surface area contributed by atoms with Crippen molar-refractivity contribution in [3.8, 4) is 0 Å². The third-order valence-electron chi connectivity index (χ3n) is 3.59. The molecule has 100 valence electrons. The zero-order valence-electron chi connectivity index (χ0n) is 10.8. The SMILES string of the molecule is Cc1noc(CNC2CC(c3ccc(Br)cc3)C2)n1. The largest absolute Gasteiger partial charge is 0.338 e. The number of halogens is 1. The molecular weight excluding hydrogens is 306 g/mol. The highest BCUT2D eigenvalue weighted by molar-refractivity contribution is 9.10. The Kier molecular flexibility index (Phi) is 3.66. The Balaban J connectivity index is 1.46. The lowest BCUT2D eigenvalue weighted by molar-refractivity contribution is 0.271. The summed E-state index contributed by atoms with van der Waals surface area (Å²) >= 11 is 3.46. The highest BCUT2D eigenvalue weighted by Crippen LogP contribution is 2.37. The summed E-state index contributed by atoms with van der Waals surface area (Å²) in [6.45, 7) is 2.50.